The van der Waals surface area contributed by atoms with Crippen molar-refractivity contribution in [2.75, 3.05) is 0 Å². The summed E-state index contributed by atoms with van der Waals surface area (Å²) >= 11 is 7.17. The van der Waals surface area contributed by atoms with E-state index < -0.39 is 0 Å². The predicted molar refractivity (Wildman–Crippen MR) is 60.5 cm³/mol. The number of hydrogen-bond acceptors (Lipinski definition) is 2. The van der Waals surface area contributed by atoms with Crippen LogP contribution in [0.2, 0.25) is 0 Å². The van der Waals surface area contributed by atoms with Crippen molar-refractivity contribution >= 4 is 57.4 Å². The van der Waals surface area contributed by atoms with E-state index in [0.29, 0.717) is 0 Å². The van der Waals surface area contributed by atoms with E-state index in [-0.39, 0.29) is 0 Å². The van der Waals surface area contributed by atoms with Crippen LogP contribution in [0.15, 0.2) is 15.9 Å². The van der Waals surface area contributed by atoms with Gasteiger partial charge in [0.2, 0.25) is 0 Å². The molecule has 0 aromatic carbocycles. The second-order valence-corrected chi connectivity index (χ2v) is 4.94. The van der Waals surface area contributed by atoms with Crippen LogP contribution in [-0.2, 0) is 0 Å². The summed E-state index contributed by atoms with van der Waals surface area (Å²) in [7, 11) is 1.51. The summed E-state index contributed by atoms with van der Waals surface area (Å²) in [5.74, 6) is 3.01. The van der Waals surface area contributed by atoms with Crippen molar-refractivity contribution in [3.8, 4) is 11.2 Å². The first-order chi connectivity index (χ1) is 4.83. The second kappa shape index (κ2) is 4.65. The standard InChI is InChI=1S/C6H2BrIS2/c7-5-3-6(9-4-5)1-2-10-8/h3-4H. The van der Waals surface area contributed by atoms with Gasteiger partial charge in [-0.25, -0.2) is 0 Å². The molecule has 0 atom stereocenters. The zero-order valence-electron chi connectivity index (χ0n) is 4.73. The van der Waals surface area contributed by atoms with Gasteiger partial charge >= 0.3 is 0 Å². The Kier molecular flexibility index (Phi) is 4.14. The lowest BCUT2D eigenvalue weighted by atomic mass is 10.5. The van der Waals surface area contributed by atoms with E-state index in [1.807, 2.05) is 11.4 Å². The Balaban J connectivity index is 2.76. The van der Waals surface area contributed by atoms with Crippen molar-refractivity contribution < 1.29 is 0 Å². The van der Waals surface area contributed by atoms with Crippen LogP contribution in [-0.4, -0.2) is 0 Å². The summed E-state index contributed by atoms with van der Waals surface area (Å²) in [6, 6.07) is 2.02. The highest BCUT2D eigenvalue weighted by atomic mass is 127. The summed E-state index contributed by atoms with van der Waals surface area (Å²) in [5, 5.41) is 4.95. The molecule has 0 bridgehead atoms. The molecule has 10 heavy (non-hydrogen) atoms. The normalized spacial score (nSPS) is 8.60. The Morgan fingerprint density at radius 1 is 1.70 bits per heavy atom. The highest BCUT2D eigenvalue weighted by Crippen LogP contribution is 2.19. The minimum absolute atomic E-state index is 1.11. The van der Waals surface area contributed by atoms with E-state index >= 15 is 0 Å². The lowest BCUT2D eigenvalue weighted by Gasteiger charge is -1.72. The molecule has 0 saturated heterocycles. The van der Waals surface area contributed by atoms with E-state index in [9.17, 15) is 0 Å². The molecular weight excluding hydrogens is 343 g/mol. The van der Waals surface area contributed by atoms with E-state index in [2.05, 4.69) is 48.3 Å². The lowest BCUT2D eigenvalue weighted by Crippen LogP contribution is -1.55. The van der Waals surface area contributed by atoms with Crippen LogP contribution in [0.25, 0.3) is 0 Å². The molecule has 0 nitrogen and oxygen atoms in total. The fraction of sp³-hybridized carbons (Fsp3) is 0. The van der Waals surface area contributed by atoms with Crippen LogP contribution in [0.3, 0.4) is 0 Å². The molecule has 0 unspecified atom stereocenters. The van der Waals surface area contributed by atoms with Gasteiger partial charge in [0.05, 0.1) is 4.88 Å². The number of rotatable bonds is 0. The summed E-state index contributed by atoms with van der Waals surface area (Å²) in [4.78, 5) is 1.11. The topological polar surface area (TPSA) is 0 Å². The van der Waals surface area contributed by atoms with Crippen molar-refractivity contribution in [2.24, 2.45) is 0 Å². The highest BCUT2D eigenvalue weighted by Gasteiger charge is 1.90. The van der Waals surface area contributed by atoms with Gasteiger partial charge in [-0.05, 0) is 42.1 Å². The average Bonchev–Trinajstić information content (AvgIpc) is 2.31. The molecular formula is C6H2BrIS2. The van der Waals surface area contributed by atoms with Gasteiger partial charge in [0.25, 0.3) is 0 Å². The van der Waals surface area contributed by atoms with E-state index in [4.69, 9.17) is 0 Å². The fourth-order valence-corrected chi connectivity index (χ4v) is 2.26. The molecule has 0 saturated carbocycles. The van der Waals surface area contributed by atoms with Gasteiger partial charge in [-0.2, -0.15) is 0 Å². The van der Waals surface area contributed by atoms with Gasteiger partial charge < -0.3 is 0 Å². The maximum absolute atomic E-state index is 3.36. The van der Waals surface area contributed by atoms with Crippen molar-refractivity contribution in [3.63, 3.8) is 0 Å². The van der Waals surface area contributed by atoms with E-state index in [1.165, 1.54) is 8.93 Å². The Morgan fingerprint density at radius 3 is 3.00 bits per heavy atom. The molecule has 1 heterocycles. The summed E-state index contributed by atoms with van der Waals surface area (Å²) in [6.07, 6.45) is 0. The monoisotopic (exact) mass is 344 g/mol. The quantitative estimate of drug-likeness (QED) is 0.508. The molecule has 52 valence electrons. The lowest BCUT2D eigenvalue weighted by molar-refractivity contribution is 1.85. The number of hydrogen-bond donors (Lipinski definition) is 0. The third-order valence-corrected chi connectivity index (χ3v) is 3.23. The Bertz CT molecular complexity index is 271. The van der Waals surface area contributed by atoms with Gasteiger partial charge in [-0.15, -0.1) is 11.3 Å². The SMILES string of the molecule is Brc1csc(C#CSI)c1. The molecule has 1 rings (SSSR count). The van der Waals surface area contributed by atoms with Crippen molar-refractivity contribution in [1.82, 2.24) is 0 Å². The predicted octanol–water partition coefficient (Wildman–Crippen LogP) is 3.90. The first-order valence-electron chi connectivity index (χ1n) is 2.35. The first kappa shape index (κ1) is 8.91. The van der Waals surface area contributed by atoms with Crippen LogP contribution in [0.5, 0.6) is 0 Å². The molecule has 0 fully saturated rings. The molecule has 0 radical (unpaired) electrons. The summed E-state index contributed by atoms with van der Waals surface area (Å²) < 4.78 is 1.11. The van der Waals surface area contributed by atoms with Crippen LogP contribution >= 0.6 is 57.4 Å². The molecule has 1 aromatic rings. The molecule has 1 aromatic heterocycles. The summed E-state index contributed by atoms with van der Waals surface area (Å²) in [6.45, 7) is 0. The molecule has 0 aliphatic heterocycles. The van der Waals surface area contributed by atoms with Crippen molar-refractivity contribution in [2.45, 2.75) is 0 Å². The Labute approximate surface area is 88.5 Å². The number of thiophene rings is 1. The van der Waals surface area contributed by atoms with Crippen LogP contribution < -0.4 is 0 Å². The van der Waals surface area contributed by atoms with Crippen LogP contribution in [0.4, 0.5) is 0 Å². The highest BCUT2D eigenvalue weighted by molar-refractivity contribution is 14.2. The van der Waals surface area contributed by atoms with Gasteiger partial charge in [0, 0.05) is 31.1 Å². The van der Waals surface area contributed by atoms with Crippen LogP contribution in [0, 0.1) is 11.2 Å². The molecule has 4 heteroatoms. The minimum atomic E-state index is 1.11. The van der Waals surface area contributed by atoms with Crippen molar-refractivity contribution in [1.29, 1.82) is 0 Å². The van der Waals surface area contributed by atoms with Crippen molar-refractivity contribution in [3.05, 3.63) is 20.8 Å². The van der Waals surface area contributed by atoms with Gasteiger partial charge in [0.1, 0.15) is 0 Å². The zero-order chi connectivity index (χ0) is 7.40. The van der Waals surface area contributed by atoms with Crippen LogP contribution in [0.1, 0.15) is 4.88 Å². The minimum Gasteiger partial charge on any atom is -0.134 e. The molecule has 0 amide bonds. The maximum Gasteiger partial charge on any atom is 0.0789 e. The first-order valence-corrected chi connectivity index (χ1v) is 7.39. The average molecular weight is 345 g/mol. The summed E-state index contributed by atoms with van der Waals surface area (Å²) in [5.41, 5.74) is 0. The van der Waals surface area contributed by atoms with Gasteiger partial charge in [-0.1, -0.05) is 0 Å². The zero-order valence-corrected chi connectivity index (χ0v) is 10.1. The van der Waals surface area contributed by atoms with Gasteiger partial charge in [0.15, 0.2) is 0 Å². The largest absolute Gasteiger partial charge is 0.134 e. The Morgan fingerprint density at radius 2 is 2.50 bits per heavy atom. The van der Waals surface area contributed by atoms with E-state index in [1.54, 1.807) is 11.3 Å². The number of halogens is 2. The smallest absolute Gasteiger partial charge is 0.0789 e. The van der Waals surface area contributed by atoms with E-state index in [0.717, 1.165) is 9.35 Å². The fourth-order valence-electron chi connectivity index (χ4n) is 0.448. The maximum atomic E-state index is 3.36. The third-order valence-electron chi connectivity index (χ3n) is 0.780. The molecule has 0 spiro atoms. The molecule has 0 aliphatic rings. The molecule has 0 aliphatic carbocycles. The Hall–Kier alpha value is 0.820. The molecule has 0 N–H and O–H groups in total. The van der Waals surface area contributed by atoms with Gasteiger partial charge in [-0.3, -0.25) is 0 Å². The second-order valence-electron chi connectivity index (χ2n) is 1.43. The third kappa shape index (κ3) is 2.82.